The van der Waals surface area contributed by atoms with Crippen LogP contribution in [0.4, 0.5) is 0 Å². The predicted molar refractivity (Wildman–Crippen MR) is 84.6 cm³/mol. The van der Waals surface area contributed by atoms with Crippen LogP contribution >= 0.6 is 11.3 Å². The molecule has 0 radical (unpaired) electrons. The first-order valence-electron chi connectivity index (χ1n) is 6.67. The van der Waals surface area contributed by atoms with Crippen LogP contribution in [0.2, 0.25) is 0 Å². The second-order valence-corrected chi connectivity index (χ2v) is 6.34. The SMILES string of the molecule is CC(CN(C)C)NCc1ccc(-c2ccccc2)s1. The summed E-state index contributed by atoms with van der Waals surface area (Å²) in [6, 6.07) is 15.5. The largest absolute Gasteiger partial charge is 0.308 e. The van der Waals surface area contributed by atoms with Crippen LogP contribution in [0.1, 0.15) is 11.8 Å². The molecular weight excluding hydrogens is 252 g/mol. The topological polar surface area (TPSA) is 15.3 Å². The zero-order valence-corrected chi connectivity index (χ0v) is 12.7. The van der Waals surface area contributed by atoms with Crippen LogP contribution in [0.15, 0.2) is 42.5 Å². The fraction of sp³-hybridized carbons (Fsp3) is 0.375. The molecule has 1 atom stereocenters. The van der Waals surface area contributed by atoms with E-state index in [0.29, 0.717) is 6.04 Å². The summed E-state index contributed by atoms with van der Waals surface area (Å²) in [7, 11) is 4.22. The zero-order chi connectivity index (χ0) is 13.7. The number of benzene rings is 1. The third-order valence-electron chi connectivity index (χ3n) is 2.98. The Bertz CT molecular complexity index is 490. The summed E-state index contributed by atoms with van der Waals surface area (Å²) in [5.74, 6) is 0. The minimum absolute atomic E-state index is 0.511. The van der Waals surface area contributed by atoms with Gasteiger partial charge in [-0.25, -0.2) is 0 Å². The summed E-state index contributed by atoms with van der Waals surface area (Å²) in [4.78, 5) is 4.95. The van der Waals surface area contributed by atoms with Gasteiger partial charge in [-0.05, 0) is 38.7 Å². The van der Waals surface area contributed by atoms with Gasteiger partial charge in [-0.15, -0.1) is 11.3 Å². The molecule has 0 spiro atoms. The fourth-order valence-corrected chi connectivity index (χ4v) is 3.08. The van der Waals surface area contributed by atoms with Crippen molar-refractivity contribution in [2.24, 2.45) is 0 Å². The molecule has 0 saturated heterocycles. The lowest BCUT2D eigenvalue weighted by Crippen LogP contribution is -2.35. The summed E-state index contributed by atoms with van der Waals surface area (Å²) >= 11 is 1.87. The van der Waals surface area contributed by atoms with Gasteiger partial charge in [-0.1, -0.05) is 30.3 Å². The van der Waals surface area contributed by atoms with E-state index in [1.54, 1.807) is 0 Å². The lowest BCUT2D eigenvalue weighted by molar-refractivity contribution is 0.349. The maximum absolute atomic E-state index is 3.56. The van der Waals surface area contributed by atoms with Crippen LogP contribution in [0.5, 0.6) is 0 Å². The molecular formula is C16H22N2S. The van der Waals surface area contributed by atoms with Gasteiger partial charge in [0.25, 0.3) is 0 Å². The highest BCUT2D eigenvalue weighted by atomic mass is 32.1. The second-order valence-electron chi connectivity index (χ2n) is 5.18. The Morgan fingerprint density at radius 2 is 1.84 bits per heavy atom. The number of likely N-dealkylation sites (N-methyl/N-ethyl adjacent to an activating group) is 1. The quantitative estimate of drug-likeness (QED) is 0.868. The van der Waals surface area contributed by atoms with E-state index in [1.807, 2.05) is 11.3 Å². The Kier molecular flexibility index (Phi) is 5.14. The van der Waals surface area contributed by atoms with Crippen molar-refractivity contribution in [3.8, 4) is 10.4 Å². The van der Waals surface area contributed by atoms with Gasteiger partial charge in [0.2, 0.25) is 0 Å². The van der Waals surface area contributed by atoms with Crippen molar-refractivity contribution < 1.29 is 0 Å². The molecule has 0 aliphatic carbocycles. The Hall–Kier alpha value is -1.16. The van der Waals surface area contributed by atoms with E-state index in [1.165, 1.54) is 15.3 Å². The van der Waals surface area contributed by atoms with Crippen LogP contribution in [-0.2, 0) is 6.54 Å². The molecule has 3 heteroatoms. The van der Waals surface area contributed by atoms with Crippen molar-refractivity contribution in [2.45, 2.75) is 19.5 Å². The number of rotatable bonds is 6. The van der Waals surface area contributed by atoms with Crippen molar-refractivity contribution in [3.05, 3.63) is 47.3 Å². The third kappa shape index (κ3) is 4.46. The third-order valence-corrected chi connectivity index (χ3v) is 4.12. The number of thiophene rings is 1. The minimum Gasteiger partial charge on any atom is -0.308 e. The molecule has 2 aromatic rings. The van der Waals surface area contributed by atoms with E-state index < -0.39 is 0 Å². The maximum atomic E-state index is 3.56. The van der Waals surface area contributed by atoms with Crippen molar-refractivity contribution in [1.29, 1.82) is 0 Å². The molecule has 0 saturated carbocycles. The normalized spacial score (nSPS) is 12.8. The van der Waals surface area contributed by atoms with Gasteiger partial charge in [-0.3, -0.25) is 0 Å². The average molecular weight is 274 g/mol. The van der Waals surface area contributed by atoms with E-state index in [4.69, 9.17) is 0 Å². The first-order chi connectivity index (χ1) is 9.15. The molecule has 1 aromatic heterocycles. The highest BCUT2D eigenvalue weighted by Gasteiger charge is 2.05. The Labute approximate surface area is 120 Å². The van der Waals surface area contributed by atoms with E-state index in [9.17, 15) is 0 Å². The summed E-state index contributed by atoms with van der Waals surface area (Å²) in [5.41, 5.74) is 1.31. The molecule has 0 bridgehead atoms. The molecule has 102 valence electrons. The van der Waals surface area contributed by atoms with Crippen LogP contribution in [0, 0.1) is 0 Å². The zero-order valence-electron chi connectivity index (χ0n) is 11.9. The van der Waals surface area contributed by atoms with Crippen molar-refractivity contribution in [2.75, 3.05) is 20.6 Å². The monoisotopic (exact) mass is 274 g/mol. The van der Waals surface area contributed by atoms with Gasteiger partial charge in [0.1, 0.15) is 0 Å². The first kappa shape index (κ1) is 14.3. The van der Waals surface area contributed by atoms with E-state index in [0.717, 1.165) is 13.1 Å². The Morgan fingerprint density at radius 3 is 2.53 bits per heavy atom. The summed E-state index contributed by atoms with van der Waals surface area (Å²) in [6.07, 6.45) is 0. The molecule has 1 N–H and O–H groups in total. The van der Waals surface area contributed by atoms with Gasteiger partial charge in [0.15, 0.2) is 0 Å². The van der Waals surface area contributed by atoms with E-state index in [2.05, 4.69) is 73.7 Å². The Morgan fingerprint density at radius 1 is 1.11 bits per heavy atom. The number of nitrogens with zero attached hydrogens (tertiary/aromatic N) is 1. The molecule has 2 nitrogen and oxygen atoms in total. The number of hydrogen-bond donors (Lipinski definition) is 1. The van der Waals surface area contributed by atoms with Gasteiger partial charge in [0.05, 0.1) is 0 Å². The fourth-order valence-electron chi connectivity index (χ4n) is 2.12. The molecule has 1 heterocycles. The molecule has 0 aliphatic heterocycles. The van der Waals surface area contributed by atoms with Crippen molar-refractivity contribution in [3.63, 3.8) is 0 Å². The summed E-state index contributed by atoms with van der Waals surface area (Å²) in [5, 5.41) is 3.56. The minimum atomic E-state index is 0.511. The van der Waals surface area contributed by atoms with Gasteiger partial charge in [0, 0.05) is 28.9 Å². The second kappa shape index (κ2) is 6.85. The summed E-state index contributed by atoms with van der Waals surface area (Å²) in [6.45, 7) is 4.25. The predicted octanol–water partition coefficient (Wildman–Crippen LogP) is 3.45. The van der Waals surface area contributed by atoms with Gasteiger partial charge >= 0.3 is 0 Å². The molecule has 1 aromatic carbocycles. The molecule has 0 aliphatic rings. The lowest BCUT2D eigenvalue weighted by Gasteiger charge is -2.17. The summed E-state index contributed by atoms with van der Waals surface area (Å²) < 4.78 is 0. The standard InChI is InChI=1S/C16H22N2S/c1-13(12-18(2)3)17-11-15-9-10-16(19-15)14-7-5-4-6-8-14/h4-10,13,17H,11-12H2,1-3H3. The lowest BCUT2D eigenvalue weighted by atomic mass is 10.2. The van der Waals surface area contributed by atoms with Crippen molar-refractivity contribution >= 4 is 11.3 Å². The van der Waals surface area contributed by atoms with Crippen LogP contribution < -0.4 is 5.32 Å². The maximum Gasteiger partial charge on any atom is 0.0346 e. The van der Waals surface area contributed by atoms with Crippen LogP contribution in [-0.4, -0.2) is 31.6 Å². The molecule has 0 amide bonds. The molecule has 1 unspecified atom stereocenters. The molecule has 2 rings (SSSR count). The van der Waals surface area contributed by atoms with Gasteiger partial charge < -0.3 is 10.2 Å². The molecule has 0 fully saturated rings. The highest BCUT2D eigenvalue weighted by Crippen LogP contribution is 2.27. The smallest absolute Gasteiger partial charge is 0.0346 e. The molecule has 19 heavy (non-hydrogen) atoms. The van der Waals surface area contributed by atoms with E-state index >= 15 is 0 Å². The van der Waals surface area contributed by atoms with Crippen LogP contribution in [0.3, 0.4) is 0 Å². The van der Waals surface area contributed by atoms with Crippen LogP contribution in [0.25, 0.3) is 10.4 Å². The van der Waals surface area contributed by atoms with Gasteiger partial charge in [-0.2, -0.15) is 0 Å². The number of nitrogens with one attached hydrogen (secondary N) is 1. The number of hydrogen-bond acceptors (Lipinski definition) is 3. The first-order valence-corrected chi connectivity index (χ1v) is 7.49. The highest BCUT2D eigenvalue weighted by molar-refractivity contribution is 7.15. The Balaban J connectivity index is 1.91. The van der Waals surface area contributed by atoms with E-state index in [-0.39, 0.29) is 0 Å². The van der Waals surface area contributed by atoms with Crippen molar-refractivity contribution in [1.82, 2.24) is 10.2 Å². The average Bonchev–Trinajstić information content (AvgIpc) is 2.85.